The van der Waals surface area contributed by atoms with Gasteiger partial charge in [0.05, 0.1) is 22.8 Å². The number of ether oxygens (including phenoxy) is 1. The number of carbonyl (C=O) groups is 1. The van der Waals surface area contributed by atoms with E-state index < -0.39 is 27.7 Å². The van der Waals surface area contributed by atoms with Gasteiger partial charge < -0.3 is 4.74 Å². The van der Waals surface area contributed by atoms with Crippen LogP contribution in [0.4, 0.5) is 0 Å². The summed E-state index contributed by atoms with van der Waals surface area (Å²) in [5.41, 5.74) is 0.627. The average Bonchev–Trinajstić information content (AvgIpc) is 2.34. The Kier molecular flexibility index (Phi) is 4.98. The first-order valence-electron chi connectivity index (χ1n) is 5.52. The maximum Gasteiger partial charge on any atom is 0.328 e. The molecule has 1 rings (SSSR count). The molecule has 0 amide bonds. The smallest absolute Gasteiger partial charge is 0.328 e. The van der Waals surface area contributed by atoms with E-state index in [1.165, 1.54) is 7.11 Å². The van der Waals surface area contributed by atoms with E-state index in [0.29, 0.717) is 5.56 Å². The number of rotatable bonds is 4. The molecular formula is C12H18N2O3S. The molecule has 0 aliphatic heterocycles. The molecule has 5 nitrogen and oxygen atoms in total. The molecule has 100 valence electrons. The zero-order valence-corrected chi connectivity index (χ0v) is 11.8. The minimum absolute atomic E-state index is 0.464. The summed E-state index contributed by atoms with van der Waals surface area (Å²) < 4.78 is 19.1. The molecule has 1 unspecified atom stereocenters. The van der Waals surface area contributed by atoms with Gasteiger partial charge in [-0.15, -0.1) is 0 Å². The van der Waals surface area contributed by atoms with E-state index in [9.17, 15) is 9.00 Å². The van der Waals surface area contributed by atoms with Crippen molar-refractivity contribution >= 4 is 17.0 Å². The fourth-order valence-corrected chi connectivity index (χ4v) is 2.00. The quantitative estimate of drug-likeness (QED) is 0.839. The second-order valence-corrected chi connectivity index (χ2v) is 6.74. The Bertz CT molecular complexity index is 429. The molecule has 0 aliphatic rings. The topological polar surface area (TPSA) is 68.3 Å². The monoisotopic (exact) mass is 270 g/mol. The number of nitrogens with one attached hydrogen (secondary N) is 1. The van der Waals surface area contributed by atoms with Gasteiger partial charge >= 0.3 is 5.97 Å². The van der Waals surface area contributed by atoms with Crippen LogP contribution in [0.25, 0.3) is 0 Å². The summed E-state index contributed by atoms with van der Waals surface area (Å²) in [6.45, 7) is 5.48. The predicted molar refractivity (Wildman–Crippen MR) is 70.0 cm³/mol. The Balaban J connectivity index is 2.95. The van der Waals surface area contributed by atoms with Gasteiger partial charge in [0.15, 0.2) is 0 Å². The molecule has 18 heavy (non-hydrogen) atoms. The molecular weight excluding hydrogens is 252 g/mol. The van der Waals surface area contributed by atoms with Crippen molar-refractivity contribution in [2.45, 2.75) is 31.6 Å². The van der Waals surface area contributed by atoms with Crippen LogP contribution in [0.1, 0.15) is 32.4 Å². The number of methoxy groups -OCH3 is 1. The number of esters is 1. The summed E-state index contributed by atoms with van der Waals surface area (Å²) in [7, 11) is -0.0697. The Labute approximate surface area is 110 Å². The minimum Gasteiger partial charge on any atom is -0.468 e. The number of aromatic nitrogens is 1. The van der Waals surface area contributed by atoms with Gasteiger partial charge in [-0.2, -0.15) is 0 Å². The van der Waals surface area contributed by atoms with E-state index in [0.717, 1.165) is 0 Å². The summed E-state index contributed by atoms with van der Waals surface area (Å²) in [5, 5.41) is 0. The lowest BCUT2D eigenvalue weighted by Crippen LogP contribution is -2.39. The van der Waals surface area contributed by atoms with E-state index in [2.05, 4.69) is 9.71 Å². The van der Waals surface area contributed by atoms with Crippen LogP contribution in [-0.2, 0) is 20.5 Å². The first-order valence-corrected chi connectivity index (χ1v) is 6.67. The van der Waals surface area contributed by atoms with Crippen LogP contribution in [0.2, 0.25) is 0 Å². The van der Waals surface area contributed by atoms with Gasteiger partial charge in [-0.1, -0.05) is 6.07 Å². The summed E-state index contributed by atoms with van der Waals surface area (Å²) >= 11 is 0. The van der Waals surface area contributed by atoms with Crippen molar-refractivity contribution < 1.29 is 13.7 Å². The van der Waals surface area contributed by atoms with Crippen LogP contribution >= 0.6 is 0 Å². The highest BCUT2D eigenvalue weighted by Crippen LogP contribution is 2.17. The van der Waals surface area contributed by atoms with Crippen LogP contribution in [0.5, 0.6) is 0 Å². The number of nitrogens with zero attached hydrogens (tertiary/aromatic N) is 1. The molecule has 1 aromatic rings. The highest BCUT2D eigenvalue weighted by atomic mass is 32.2. The Morgan fingerprint density at radius 1 is 1.50 bits per heavy atom. The van der Waals surface area contributed by atoms with Crippen LogP contribution in [-0.4, -0.2) is 27.0 Å². The van der Waals surface area contributed by atoms with Gasteiger partial charge in [-0.05, 0) is 32.4 Å². The molecule has 0 saturated carbocycles. The SMILES string of the molecule is COC(=O)[C@H](NS(=O)C(C)(C)C)c1cccnc1. The second-order valence-electron chi connectivity index (χ2n) is 4.74. The highest BCUT2D eigenvalue weighted by Gasteiger charge is 2.28. The first-order chi connectivity index (χ1) is 8.36. The molecule has 0 radical (unpaired) electrons. The van der Waals surface area contributed by atoms with Crippen molar-refractivity contribution in [2.24, 2.45) is 0 Å². The third-order valence-electron chi connectivity index (χ3n) is 2.24. The summed E-state index contributed by atoms with van der Waals surface area (Å²) in [6.07, 6.45) is 3.16. The molecule has 1 N–H and O–H groups in total. The third kappa shape index (κ3) is 3.89. The van der Waals surface area contributed by atoms with Gasteiger partial charge in [-0.3, -0.25) is 4.98 Å². The molecule has 1 heterocycles. The maximum atomic E-state index is 12.0. The second kappa shape index (κ2) is 6.06. The van der Waals surface area contributed by atoms with Gasteiger partial charge in [-0.25, -0.2) is 13.7 Å². The summed E-state index contributed by atoms with van der Waals surface area (Å²) in [5.74, 6) is -0.486. The van der Waals surface area contributed by atoms with Crippen molar-refractivity contribution in [1.29, 1.82) is 0 Å². The predicted octanol–water partition coefficient (Wildman–Crippen LogP) is 1.35. The molecule has 0 fully saturated rings. The van der Waals surface area contributed by atoms with Gasteiger partial charge in [0.2, 0.25) is 0 Å². The molecule has 0 spiro atoms. The van der Waals surface area contributed by atoms with E-state index in [-0.39, 0.29) is 0 Å². The molecule has 2 atom stereocenters. The first kappa shape index (κ1) is 14.8. The molecule has 0 aliphatic carbocycles. The van der Waals surface area contributed by atoms with Crippen LogP contribution in [0.15, 0.2) is 24.5 Å². The van der Waals surface area contributed by atoms with E-state index in [1.807, 2.05) is 20.8 Å². The number of hydrogen-bond acceptors (Lipinski definition) is 4. The maximum absolute atomic E-state index is 12.0. The van der Waals surface area contributed by atoms with Gasteiger partial charge in [0.25, 0.3) is 0 Å². The van der Waals surface area contributed by atoms with E-state index >= 15 is 0 Å². The third-order valence-corrected chi connectivity index (χ3v) is 3.80. The lowest BCUT2D eigenvalue weighted by Gasteiger charge is -2.22. The Hall–Kier alpha value is -1.27. The van der Waals surface area contributed by atoms with Crippen molar-refractivity contribution in [3.63, 3.8) is 0 Å². The number of carbonyl (C=O) groups excluding carboxylic acids is 1. The van der Waals surface area contributed by atoms with E-state index in [4.69, 9.17) is 4.74 Å². The Morgan fingerprint density at radius 2 is 2.17 bits per heavy atom. The lowest BCUT2D eigenvalue weighted by atomic mass is 10.1. The normalized spacial score (nSPS) is 14.9. The van der Waals surface area contributed by atoms with Crippen molar-refractivity contribution in [2.75, 3.05) is 7.11 Å². The summed E-state index contributed by atoms with van der Waals surface area (Å²) in [6, 6.07) is 2.68. The Morgan fingerprint density at radius 3 is 2.61 bits per heavy atom. The van der Waals surface area contributed by atoms with Crippen LogP contribution in [0.3, 0.4) is 0 Å². The largest absolute Gasteiger partial charge is 0.468 e. The molecule has 0 saturated heterocycles. The van der Waals surface area contributed by atoms with Crippen molar-refractivity contribution in [3.05, 3.63) is 30.1 Å². The molecule has 6 heteroatoms. The zero-order chi connectivity index (χ0) is 13.8. The molecule has 0 aromatic carbocycles. The lowest BCUT2D eigenvalue weighted by molar-refractivity contribution is -0.142. The fraction of sp³-hybridized carbons (Fsp3) is 0.500. The standard InChI is InChI=1S/C12H18N2O3S/c1-12(2,3)18(16)14-10(11(15)17-4)9-6-5-7-13-8-9/h5-8,10,14H,1-4H3/t10-,18?/m1/s1. The number of hydrogen-bond donors (Lipinski definition) is 1. The van der Waals surface area contributed by atoms with E-state index in [1.54, 1.807) is 24.5 Å². The van der Waals surface area contributed by atoms with Crippen molar-refractivity contribution in [3.8, 4) is 0 Å². The highest BCUT2D eigenvalue weighted by molar-refractivity contribution is 7.84. The van der Waals surface area contributed by atoms with Crippen LogP contribution in [0, 0.1) is 0 Å². The minimum atomic E-state index is -1.37. The van der Waals surface area contributed by atoms with Gasteiger partial charge in [0.1, 0.15) is 6.04 Å². The van der Waals surface area contributed by atoms with Crippen molar-refractivity contribution in [1.82, 2.24) is 9.71 Å². The van der Waals surface area contributed by atoms with Crippen LogP contribution < -0.4 is 4.72 Å². The fourth-order valence-electron chi connectivity index (χ4n) is 1.20. The average molecular weight is 270 g/mol. The zero-order valence-electron chi connectivity index (χ0n) is 11.0. The molecule has 1 aromatic heterocycles. The van der Waals surface area contributed by atoms with Gasteiger partial charge in [0, 0.05) is 12.4 Å². The summed E-state index contributed by atoms with van der Waals surface area (Å²) in [4.78, 5) is 15.7. The number of pyridine rings is 1. The molecule has 0 bridgehead atoms.